The normalized spacial score (nSPS) is 17.6. The van der Waals surface area contributed by atoms with Crippen LogP contribution in [-0.4, -0.2) is 44.8 Å². The highest BCUT2D eigenvalue weighted by Crippen LogP contribution is 2.23. The molecule has 1 amide bonds. The second-order valence-electron chi connectivity index (χ2n) is 3.14. The smallest absolute Gasteiger partial charge is 0.418 e. The Hall–Kier alpha value is 0.0600. The van der Waals surface area contributed by atoms with Crippen LogP contribution in [0.5, 0.6) is 0 Å². The Morgan fingerprint density at radius 3 is 2.71 bits per heavy atom. The minimum atomic E-state index is -0.835. The second-order valence-corrected chi connectivity index (χ2v) is 5.06. The van der Waals surface area contributed by atoms with Gasteiger partial charge in [-0.05, 0) is 12.8 Å². The summed E-state index contributed by atoms with van der Waals surface area (Å²) >= 11 is 4.72. The molecule has 0 unspecified atom stereocenters. The molecule has 0 saturated carbocycles. The zero-order valence-corrected chi connectivity index (χ0v) is 10.4. The summed E-state index contributed by atoms with van der Waals surface area (Å²) in [6.07, 6.45) is 2.71. The summed E-state index contributed by atoms with van der Waals surface area (Å²) in [7, 11) is 0. The first-order chi connectivity index (χ1) is 6.74. The van der Waals surface area contributed by atoms with Gasteiger partial charge in [-0.1, -0.05) is 22.4 Å². The van der Waals surface area contributed by atoms with E-state index in [1.165, 1.54) is 29.3 Å². The third-order valence-electron chi connectivity index (χ3n) is 2.02. The molecular weight excluding hydrogens is 268 g/mol. The molecule has 6 heteroatoms. The fourth-order valence-corrected chi connectivity index (χ4v) is 2.55. The van der Waals surface area contributed by atoms with E-state index in [1.54, 1.807) is 0 Å². The largest absolute Gasteiger partial charge is 0.464 e. The summed E-state index contributed by atoms with van der Waals surface area (Å²) in [4.78, 5) is 10.6. The van der Waals surface area contributed by atoms with E-state index in [1.807, 2.05) is 0 Å². The van der Waals surface area contributed by atoms with E-state index in [4.69, 9.17) is 5.11 Å². The third-order valence-corrected chi connectivity index (χ3v) is 3.71. The molecule has 0 bridgehead atoms. The number of alkyl halides is 1. The van der Waals surface area contributed by atoms with E-state index < -0.39 is 6.09 Å². The lowest BCUT2D eigenvalue weighted by molar-refractivity contribution is 0.177. The van der Waals surface area contributed by atoms with Gasteiger partial charge in [0.1, 0.15) is 0 Å². The van der Waals surface area contributed by atoms with Gasteiger partial charge in [-0.3, -0.25) is 0 Å². The Balaban J connectivity index is 2.07. The standard InChI is InChI=1S/C8H15BrN2O2S/c9-4-2-1-3-5-10-6-7-11(14-10)8(12)13/h1-7H2,(H,12,13). The summed E-state index contributed by atoms with van der Waals surface area (Å²) in [6, 6.07) is 0. The van der Waals surface area contributed by atoms with Gasteiger partial charge in [0.05, 0.1) is 6.54 Å². The molecule has 1 saturated heterocycles. The predicted molar refractivity (Wildman–Crippen MR) is 61.5 cm³/mol. The third kappa shape index (κ3) is 4.06. The first-order valence-electron chi connectivity index (χ1n) is 4.73. The van der Waals surface area contributed by atoms with Crippen LogP contribution in [0.25, 0.3) is 0 Å². The molecule has 1 N–H and O–H groups in total. The van der Waals surface area contributed by atoms with Gasteiger partial charge in [0, 0.05) is 30.6 Å². The summed E-state index contributed by atoms with van der Waals surface area (Å²) in [5, 5.41) is 9.77. The van der Waals surface area contributed by atoms with Gasteiger partial charge < -0.3 is 5.11 Å². The van der Waals surface area contributed by atoms with Crippen molar-refractivity contribution in [1.82, 2.24) is 8.61 Å². The highest BCUT2D eigenvalue weighted by atomic mass is 79.9. The Morgan fingerprint density at radius 2 is 2.14 bits per heavy atom. The molecule has 0 aromatic heterocycles. The minimum absolute atomic E-state index is 0.623. The van der Waals surface area contributed by atoms with Crippen LogP contribution in [0.2, 0.25) is 0 Å². The van der Waals surface area contributed by atoms with Crippen LogP contribution in [0.15, 0.2) is 0 Å². The van der Waals surface area contributed by atoms with Crippen LogP contribution in [-0.2, 0) is 0 Å². The highest BCUT2D eigenvalue weighted by Gasteiger charge is 2.24. The van der Waals surface area contributed by atoms with Gasteiger partial charge in [-0.15, -0.1) is 0 Å². The van der Waals surface area contributed by atoms with E-state index in [0.29, 0.717) is 6.54 Å². The molecule has 1 aliphatic rings. The SMILES string of the molecule is O=C(O)N1CCN(CCCCCBr)S1. The van der Waals surface area contributed by atoms with Gasteiger partial charge in [0.25, 0.3) is 0 Å². The average Bonchev–Trinajstić information content (AvgIpc) is 2.61. The van der Waals surface area contributed by atoms with Gasteiger partial charge in [-0.2, -0.15) is 0 Å². The van der Waals surface area contributed by atoms with Crippen LogP contribution in [0.1, 0.15) is 19.3 Å². The van der Waals surface area contributed by atoms with Crippen molar-refractivity contribution in [1.29, 1.82) is 0 Å². The quantitative estimate of drug-likeness (QED) is 0.478. The highest BCUT2D eigenvalue weighted by molar-refractivity contribution is 9.09. The summed E-state index contributed by atoms with van der Waals surface area (Å²) in [6.45, 7) is 2.46. The van der Waals surface area contributed by atoms with Crippen molar-refractivity contribution in [3.05, 3.63) is 0 Å². The van der Waals surface area contributed by atoms with E-state index in [0.717, 1.165) is 24.8 Å². The molecule has 0 spiro atoms. The Labute approximate surface area is 97.0 Å². The second kappa shape index (κ2) is 6.53. The van der Waals surface area contributed by atoms with Gasteiger partial charge >= 0.3 is 6.09 Å². The molecule has 82 valence electrons. The monoisotopic (exact) mass is 282 g/mol. The maximum Gasteiger partial charge on any atom is 0.418 e. The summed E-state index contributed by atoms with van der Waals surface area (Å²) in [5.74, 6) is 0. The fourth-order valence-electron chi connectivity index (χ4n) is 1.27. The van der Waals surface area contributed by atoms with E-state index >= 15 is 0 Å². The van der Waals surface area contributed by atoms with Crippen molar-refractivity contribution in [2.75, 3.05) is 25.0 Å². The number of carbonyl (C=O) groups is 1. The Morgan fingerprint density at radius 1 is 1.36 bits per heavy atom. The van der Waals surface area contributed by atoms with Crippen molar-refractivity contribution >= 4 is 34.2 Å². The predicted octanol–water partition coefficient (Wildman–Crippen LogP) is 2.41. The van der Waals surface area contributed by atoms with Crippen LogP contribution in [0, 0.1) is 0 Å². The molecule has 14 heavy (non-hydrogen) atoms. The van der Waals surface area contributed by atoms with Crippen LogP contribution in [0.3, 0.4) is 0 Å². The maximum absolute atomic E-state index is 10.6. The molecule has 1 fully saturated rings. The molecule has 4 nitrogen and oxygen atoms in total. The van der Waals surface area contributed by atoms with Gasteiger partial charge in [0.2, 0.25) is 0 Å². The van der Waals surface area contributed by atoms with E-state index in [9.17, 15) is 4.79 Å². The molecule has 0 aromatic rings. The number of hydrogen-bond donors (Lipinski definition) is 1. The van der Waals surface area contributed by atoms with Crippen molar-refractivity contribution < 1.29 is 9.90 Å². The lowest BCUT2D eigenvalue weighted by Crippen LogP contribution is -2.19. The van der Waals surface area contributed by atoms with Crippen LogP contribution >= 0.6 is 28.1 Å². The molecular formula is C8H15BrN2O2S. The number of rotatable bonds is 5. The lowest BCUT2D eigenvalue weighted by Gasteiger charge is -2.13. The molecule has 1 aliphatic heterocycles. The minimum Gasteiger partial charge on any atom is -0.464 e. The summed E-state index contributed by atoms with van der Waals surface area (Å²) in [5.41, 5.74) is 0. The van der Waals surface area contributed by atoms with E-state index in [2.05, 4.69) is 20.2 Å². The Kier molecular flexibility index (Phi) is 5.66. The Bertz CT molecular complexity index is 194. The average molecular weight is 283 g/mol. The fraction of sp³-hybridized carbons (Fsp3) is 0.875. The van der Waals surface area contributed by atoms with Crippen LogP contribution in [0.4, 0.5) is 4.79 Å². The first-order valence-corrected chi connectivity index (χ1v) is 6.58. The number of carboxylic acid groups (broad SMARTS) is 1. The molecule has 1 heterocycles. The zero-order valence-electron chi connectivity index (χ0n) is 7.99. The van der Waals surface area contributed by atoms with Crippen molar-refractivity contribution in [3.8, 4) is 0 Å². The van der Waals surface area contributed by atoms with Crippen molar-refractivity contribution in [2.24, 2.45) is 0 Å². The van der Waals surface area contributed by atoms with Crippen molar-refractivity contribution in [3.63, 3.8) is 0 Å². The molecule has 0 atom stereocenters. The zero-order chi connectivity index (χ0) is 10.4. The number of hydrogen-bond acceptors (Lipinski definition) is 3. The summed E-state index contributed by atoms with van der Waals surface area (Å²) < 4.78 is 3.49. The number of unbranched alkanes of at least 4 members (excludes halogenated alkanes) is 2. The first kappa shape index (κ1) is 12.1. The molecule has 0 radical (unpaired) electrons. The van der Waals surface area contributed by atoms with Crippen LogP contribution < -0.4 is 0 Å². The van der Waals surface area contributed by atoms with Gasteiger partial charge in [0.15, 0.2) is 0 Å². The molecule has 0 aromatic carbocycles. The lowest BCUT2D eigenvalue weighted by atomic mass is 10.2. The number of amides is 1. The molecule has 1 rings (SSSR count). The number of halogens is 1. The van der Waals surface area contributed by atoms with Crippen molar-refractivity contribution in [2.45, 2.75) is 19.3 Å². The molecule has 0 aliphatic carbocycles. The number of nitrogens with zero attached hydrogens (tertiary/aromatic N) is 2. The maximum atomic E-state index is 10.6. The topological polar surface area (TPSA) is 43.8 Å². The van der Waals surface area contributed by atoms with Gasteiger partial charge in [-0.25, -0.2) is 13.4 Å². The van der Waals surface area contributed by atoms with E-state index in [-0.39, 0.29) is 0 Å².